The van der Waals surface area contributed by atoms with Crippen LogP contribution in [0.3, 0.4) is 0 Å². The maximum absolute atomic E-state index is 7.58. The van der Waals surface area contributed by atoms with Gasteiger partial charge in [0.15, 0.2) is 0 Å². The lowest BCUT2D eigenvalue weighted by Crippen LogP contribution is -2.33. The van der Waals surface area contributed by atoms with Crippen LogP contribution in [0.1, 0.15) is 42.3 Å². The number of likely N-dealkylation sites (tertiary alicyclic amines) is 1. The fraction of sp³-hybridized carbons (Fsp3) is 0.692. The minimum absolute atomic E-state index is 0.155. The number of aryl methyl sites for hydroxylation is 1. The normalized spacial score (nSPS) is 21.1. The molecule has 1 aromatic heterocycles. The van der Waals surface area contributed by atoms with Crippen molar-refractivity contribution in [3.05, 3.63) is 15.6 Å². The van der Waals surface area contributed by atoms with Crippen LogP contribution in [0, 0.1) is 11.3 Å². The Morgan fingerprint density at radius 2 is 2.39 bits per heavy atom. The molecule has 0 saturated carbocycles. The predicted octanol–water partition coefficient (Wildman–Crippen LogP) is 2.22. The molecule has 2 rings (SSSR count). The Bertz CT molecular complexity index is 427. The van der Waals surface area contributed by atoms with Gasteiger partial charge in [-0.3, -0.25) is 10.3 Å². The molecular weight excluding hydrogens is 244 g/mol. The van der Waals surface area contributed by atoms with E-state index < -0.39 is 0 Å². The maximum Gasteiger partial charge on any atom is 0.135 e. The zero-order valence-corrected chi connectivity index (χ0v) is 12.0. The molecule has 0 amide bonds. The van der Waals surface area contributed by atoms with Gasteiger partial charge in [-0.2, -0.15) is 0 Å². The van der Waals surface area contributed by atoms with Crippen LogP contribution in [-0.4, -0.2) is 28.8 Å². The van der Waals surface area contributed by atoms with Crippen LogP contribution in [0.15, 0.2) is 0 Å². The Morgan fingerprint density at radius 1 is 1.61 bits per heavy atom. The monoisotopic (exact) mass is 266 g/mol. The molecule has 4 nitrogen and oxygen atoms in total. The summed E-state index contributed by atoms with van der Waals surface area (Å²) in [5.74, 6) is 0.944. The Hall–Kier alpha value is -0.940. The summed E-state index contributed by atoms with van der Waals surface area (Å²) in [6, 6.07) is 0. The second-order valence-electron chi connectivity index (χ2n) is 5.13. The lowest BCUT2D eigenvalue weighted by atomic mass is 10.0. The molecule has 1 unspecified atom stereocenters. The van der Waals surface area contributed by atoms with Crippen LogP contribution in [0.2, 0.25) is 0 Å². The molecule has 100 valence electrons. The Labute approximate surface area is 113 Å². The van der Waals surface area contributed by atoms with Gasteiger partial charge in [-0.15, -0.1) is 11.3 Å². The number of nitrogen functional groups attached to an aromatic ring is 1. The molecule has 0 aromatic carbocycles. The summed E-state index contributed by atoms with van der Waals surface area (Å²) in [7, 11) is 0. The number of amidine groups is 1. The van der Waals surface area contributed by atoms with Gasteiger partial charge in [0.05, 0.1) is 17.1 Å². The van der Waals surface area contributed by atoms with Crippen LogP contribution >= 0.6 is 11.3 Å². The van der Waals surface area contributed by atoms with Crippen LogP contribution in [-0.2, 0) is 13.0 Å². The largest absolute Gasteiger partial charge is 0.383 e. The maximum atomic E-state index is 7.58. The molecule has 0 radical (unpaired) electrons. The summed E-state index contributed by atoms with van der Waals surface area (Å²) >= 11 is 1.58. The Morgan fingerprint density at radius 3 is 2.94 bits per heavy atom. The molecular formula is C13H22N4S. The van der Waals surface area contributed by atoms with Crippen LogP contribution in [0.5, 0.6) is 0 Å². The van der Waals surface area contributed by atoms with Crippen molar-refractivity contribution in [3.8, 4) is 0 Å². The molecule has 0 spiro atoms. The number of thiazole rings is 1. The molecule has 0 aliphatic carbocycles. The van der Waals surface area contributed by atoms with E-state index in [4.69, 9.17) is 11.1 Å². The van der Waals surface area contributed by atoms with E-state index in [2.05, 4.69) is 23.7 Å². The third-order valence-electron chi connectivity index (χ3n) is 3.42. The number of rotatable bonds is 4. The summed E-state index contributed by atoms with van der Waals surface area (Å²) in [6.07, 6.45) is 3.47. The van der Waals surface area contributed by atoms with Crippen molar-refractivity contribution in [2.24, 2.45) is 11.7 Å². The molecule has 5 heteroatoms. The molecule has 1 fully saturated rings. The molecule has 1 aliphatic rings. The first-order valence-corrected chi connectivity index (χ1v) is 7.47. The van der Waals surface area contributed by atoms with Crippen molar-refractivity contribution >= 4 is 17.2 Å². The third-order valence-corrected chi connectivity index (χ3v) is 4.54. The number of hydrogen-bond acceptors (Lipinski definition) is 4. The summed E-state index contributed by atoms with van der Waals surface area (Å²) in [5, 5.41) is 8.68. The molecule has 1 aromatic rings. The highest BCUT2D eigenvalue weighted by Crippen LogP contribution is 2.23. The van der Waals surface area contributed by atoms with Gasteiger partial charge in [0, 0.05) is 6.54 Å². The van der Waals surface area contributed by atoms with Gasteiger partial charge in [0.2, 0.25) is 0 Å². The average molecular weight is 266 g/mol. The molecule has 1 aliphatic heterocycles. The molecule has 1 atom stereocenters. The van der Waals surface area contributed by atoms with E-state index in [-0.39, 0.29) is 5.84 Å². The number of piperidine rings is 1. The van der Waals surface area contributed by atoms with E-state index in [9.17, 15) is 0 Å². The molecule has 2 heterocycles. The van der Waals surface area contributed by atoms with Gasteiger partial charge >= 0.3 is 0 Å². The van der Waals surface area contributed by atoms with Gasteiger partial charge in [0.1, 0.15) is 10.8 Å². The highest BCUT2D eigenvalue weighted by atomic mass is 32.1. The lowest BCUT2D eigenvalue weighted by molar-refractivity contribution is 0.176. The number of nitrogens with one attached hydrogen (secondary N) is 1. The van der Waals surface area contributed by atoms with Crippen LogP contribution < -0.4 is 5.73 Å². The minimum Gasteiger partial charge on any atom is -0.383 e. The van der Waals surface area contributed by atoms with Gasteiger partial charge in [-0.1, -0.05) is 13.8 Å². The van der Waals surface area contributed by atoms with Crippen molar-refractivity contribution in [3.63, 3.8) is 0 Å². The topological polar surface area (TPSA) is 66.0 Å². The first-order valence-electron chi connectivity index (χ1n) is 6.65. The van der Waals surface area contributed by atoms with E-state index in [0.29, 0.717) is 0 Å². The van der Waals surface area contributed by atoms with E-state index in [0.717, 1.165) is 41.0 Å². The smallest absolute Gasteiger partial charge is 0.135 e. The zero-order chi connectivity index (χ0) is 13.1. The van der Waals surface area contributed by atoms with Gasteiger partial charge in [-0.25, -0.2) is 4.98 Å². The molecule has 18 heavy (non-hydrogen) atoms. The zero-order valence-electron chi connectivity index (χ0n) is 11.2. The summed E-state index contributed by atoms with van der Waals surface area (Å²) in [4.78, 5) is 7.95. The summed E-state index contributed by atoms with van der Waals surface area (Å²) in [6.45, 7) is 7.62. The molecule has 0 bridgehead atoms. The third kappa shape index (κ3) is 3.09. The van der Waals surface area contributed by atoms with E-state index in [1.807, 2.05) is 0 Å². The predicted molar refractivity (Wildman–Crippen MR) is 76.2 cm³/mol. The number of hydrogen-bond donors (Lipinski definition) is 2. The average Bonchev–Trinajstić information content (AvgIpc) is 2.72. The van der Waals surface area contributed by atoms with Crippen molar-refractivity contribution in [1.82, 2.24) is 9.88 Å². The van der Waals surface area contributed by atoms with Crippen molar-refractivity contribution in [1.29, 1.82) is 5.41 Å². The molecule has 3 N–H and O–H groups in total. The quantitative estimate of drug-likeness (QED) is 0.648. The SMILES string of the molecule is CCc1nc(CN2CCCC(C)C2)sc1C(=N)N. The standard InChI is InChI=1S/C13H22N4S/c1-3-10-12(13(14)15)18-11(16-10)8-17-6-4-5-9(2)7-17/h9H,3-8H2,1-2H3,(H3,14,15). The first-order chi connectivity index (χ1) is 8.60. The number of nitrogens with two attached hydrogens (primary N) is 1. The first kappa shape index (κ1) is 13.5. The summed E-state index contributed by atoms with van der Waals surface area (Å²) in [5.41, 5.74) is 6.58. The minimum atomic E-state index is 0.155. The van der Waals surface area contributed by atoms with Gasteiger partial charge in [0.25, 0.3) is 0 Å². The Balaban J connectivity index is 2.07. The fourth-order valence-electron chi connectivity index (χ4n) is 2.54. The number of aromatic nitrogens is 1. The second kappa shape index (κ2) is 5.80. The van der Waals surface area contributed by atoms with E-state index >= 15 is 0 Å². The van der Waals surface area contributed by atoms with E-state index in [1.165, 1.54) is 19.4 Å². The molecule has 1 saturated heterocycles. The lowest BCUT2D eigenvalue weighted by Gasteiger charge is -2.29. The van der Waals surface area contributed by atoms with Crippen molar-refractivity contribution in [2.75, 3.05) is 13.1 Å². The van der Waals surface area contributed by atoms with Crippen molar-refractivity contribution < 1.29 is 0 Å². The van der Waals surface area contributed by atoms with Crippen LogP contribution in [0.4, 0.5) is 0 Å². The second-order valence-corrected chi connectivity index (χ2v) is 6.22. The number of nitrogens with zero attached hydrogens (tertiary/aromatic N) is 2. The highest BCUT2D eigenvalue weighted by molar-refractivity contribution is 7.13. The Kier molecular flexibility index (Phi) is 4.35. The van der Waals surface area contributed by atoms with Crippen molar-refractivity contribution in [2.45, 2.75) is 39.7 Å². The highest BCUT2D eigenvalue weighted by Gasteiger charge is 2.19. The summed E-state index contributed by atoms with van der Waals surface area (Å²) < 4.78 is 0. The van der Waals surface area contributed by atoms with Gasteiger partial charge < -0.3 is 5.73 Å². The van der Waals surface area contributed by atoms with Crippen LogP contribution in [0.25, 0.3) is 0 Å². The van der Waals surface area contributed by atoms with Gasteiger partial charge in [-0.05, 0) is 31.7 Å². The fourth-order valence-corrected chi connectivity index (χ4v) is 3.60. The van der Waals surface area contributed by atoms with E-state index in [1.54, 1.807) is 11.3 Å².